The molecule has 4 nitrogen and oxygen atoms in total. The highest BCUT2D eigenvalue weighted by molar-refractivity contribution is 7.12. The van der Waals surface area contributed by atoms with Crippen LogP contribution in [-0.4, -0.2) is 59.6 Å². The van der Waals surface area contributed by atoms with Crippen LogP contribution in [0.5, 0.6) is 0 Å². The lowest BCUT2D eigenvalue weighted by Gasteiger charge is -2.34. The maximum absolute atomic E-state index is 12.5. The van der Waals surface area contributed by atoms with Crippen LogP contribution in [0.4, 0.5) is 0 Å². The van der Waals surface area contributed by atoms with E-state index >= 15 is 0 Å². The van der Waals surface area contributed by atoms with Gasteiger partial charge in [0.1, 0.15) is 11.5 Å². The van der Waals surface area contributed by atoms with Crippen molar-refractivity contribution >= 4 is 17.2 Å². The number of amides is 1. The number of thiophene rings is 1. The van der Waals surface area contributed by atoms with Gasteiger partial charge in [0, 0.05) is 37.8 Å². The minimum atomic E-state index is -0.177. The third-order valence-corrected chi connectivity index (χ3v) is 4.73. The van der Waals surface area contributed by atoms with Crippen LogP contribution in [-0.2, 0) is 0 Å². The molecule has 1 aromatic rings. The molecule has 0 aromatic carbocycles. The molecule has 2 aliphatic rings. The van der Waals surface area contributed by atoms with Crippen molar-refractivity contribution in [3.05, 3.63) is 21.9 Å². The molecule has 0 atom stereocenters. The first-order chi connectivity index (χ1) is 9.79. The van der Waals surface area contributed by atoms with Crippen molar-refractivity contribution in [1.29, 1.82) is 0 Å². The minimum Gasteiger partial charge on any atom is -0.384 e. The lowest BCUT2D eigenvalue weighted by atomic mass is 10.2. The normalized spacial score (nSPS) is 19.6. The molecule has 1 aliphatic heterocycles. The highest BCUT2D eigenvalue weighted by Gasteiger charge is 2.32. The second kappa shape index (κ2) is 5.96. The molecule has 1 amide bonds. The van der Waals surface area contributed by atoms with Gasteiger partial charge < -0.3 is 10.0 Å². The minimum absolute atomic E-state index is 0.0812. The number of hydrogen-bond acceptors (Lipinski definition) is 4. The first kappa shape index (κ1) is 13.6. The van der Waals surface area contributed by atoms with E-state index in [1.807, 2.05) is 16.3 Å². The van der Waals surface area contributed by atoms with E-state index in [2.05, 4.69) is 16.7 Å². The lowest BCUT2D eigenvalue weighted by Crippen LogP contribution is -2.49. The van der Waals surface area contributed by atoms with Gasteiger partial charge in [0.05, 0.1) is 0 Å². The van der Waals surface area contributed by atoms with E-state index in [9.17, 15) is 4.79 Å². The quantitative estimate of drug-likeness (QED) is 0.827. The predicted molar refractivity (Wildman–Crippen MR) is 78.8 cm³/mol. The SMILES string of the molecule is O=C(c1sccc1C#CCO)N1CCN(C2CC2)CC1. The van der Waals surface area contributed by atoms with Crippen LogP contribution < -0.4 is 0 Å². The smallest absolute Gasteiger partial charge is 0.265 e. The van der Waals surface area contributed by atoms with Gasteiger partial charge in [-0.3, -0.25) is 9.69 Å². The van der Waals surface area contributed by atoms with Crippen LogP contribution in [0.2, 0.25) is 0 Å². The molecule has 0 bridgehead atoms. The zero-order valence-electron chi connectivity index (χ0n) is 11.3. The number of hydrogen-bond donors (Lipinski definition) is 1. The molecule has 2 heterocycles. The molecule has 0 unspecified atom stereocenters. The van der Waals surface area contributed by atoms with Crippen molar-refractivity contribution in [2.45, 2.75) is 18.9 Å². The average Bonchev–Trinajstić information content (AvgIpc) is 3.23. The first-order valence-corrected chi connectivity index (χ1v) is 7.88. The molecule has 1 saturated carbocycles. The van der Waals surface area contributed by atoms with Crippen LogP contribution in [0, 0.1) is 11.8 Å². The van der Waals surface area contributed by atoms with Crippen LogP contribution in [0.3, 0.4) is 0 Å². The van der Waals surface area contributed by atoms with E-state index in [0.717, 1.165) is 37.8 Å². The Morgan fingerprint density at radius 1 is 1.35 bits per heavy atom. The van der Waals surface area contributed by atoms with E-state index in [-0.39, 0.29) is 12.5 Å². The maximum atomic E-state index is 12.5. The molecule has 1 aromatic heterocycles. The third-order valence-electron chi connectivity index (χ3n) is 3.83. The molecule has 1 saturated heterocycles. The van der Waals surface area contributed by atoms with Gasteiger partial charge >= 0.3 is 0 Å². The fourth-order valence-corrected chi connectivity index (χ4v) is 3.40. The van der Waals surface area contributed by atoms with Crippen molar-refractivity contribution in [2.24, 2.45) is 0 Å². The second-order valence-electron chi connectivity index (χ2n) is 5.18. The second-order valence-corrected chi connectivity index (χ2v) is 6.10. The highest BCUT2D eigenvalue weighted by Crippen LogP contribution is 2.28. The number of nitrogens with zero attached hydrogens (tertiary/aromatic N) is 2. The summed E-state index contributed by atoms with van der Waals surface area (Å²) in [7, 11) is 0. The number of carbonyl (C=O) groups is 1. The number of piperazine rings is 1. The van der Waals surface area contributed by atoms with Gasteiger partial charge in [-0.05, 0) is 24.3 Å². The maximum Gasteiger partial charge on any atom is 0.265 e. The van der Waals surface area contributed by atoms with Gasteiger partial charge in [0.15, 0.2) is 0 Å². The molecule has 1 aliphatic carbocycles. The Kier molecular flexibility index (Phi) is 4.06. The van der Waals surface area contributed by atoms with Crippen LogP contribution >= 0.6 is 11.3 Å². The number of aliphatic hydroxyl groups is 1. The van der Waals surface area contributed by atoms with Crippen molar-refractivity contribution in [2.75, 3.05) is 32.8 Å². The van der Waals surface area contributed by atoms with Gasteiger partial charge in [0.25, 0.3) is 5.91 Å². The Balaban J connectivity index is 1.65. The van der Waals surface area contributed by atoms with Gasteiger partial charge in [0.2, 0.25) is 0 Å². The largest absolute Gasteiger partial charge is 0.384 e. The van der Waals surface area contributed by atoms with E-state index in [0.29, 0.717) is 4.88 Å². The Morgan fingerprint density at radius 3 is 2.75 bits per heavy atom. The van der Waals surface area contributed by atoms with Gasteiger partial charge in [-0.2, -0.15) is 0 Å². The summed E-state index contributed by atoms with van der Waals surface area (Å²) in [4.78, 5) is 17.6. The van der Waals surface area contributed by atoms with E-state index in [1.165, 1.54) is 24.2 Å². The Labute approximate surface area is 123 Å². The van der Waals surface area contributed by atoms with Gasteiger partial charge in [-0.25, -0.2) is 0 Å². The summed E-state index contributed by atoms with van der Waals surface area (Å²) in [6.45, 7) is 3.41. The van der Waals surface area contributed by atoms with Crippen molar-refractivity contribution in [3.8, 4) is 11.8 Å². The fraction of sp³-hybridized carbons (Fsp3) is 0.533. The zero-order valence-corrected chi connectivity index (χ0v) is 12.2. The van der Waals surface area contributed by atoms with Crippen molar-refractivity contribution in [3.63, 3.8) is 0 Å². The molecule has 106 valence electrons. The van der Waals surface area contributed by atoms with Crippen LogP contribution in [0.15, 0.2) is 11.4 Å². The average molecular weight is 290 g/mol. The Hall–Kier alpha value is -1.35. The van der Waals surface area contributed by atoms with E-state index in [4.69, 9.17) is 5.11 Å². The molecule has 0 spiro atoms. The first-order valence-electron chi connectivity index (χ1n) is 7.00. The van der Waals surface area contributed by atoms with Crippen LogP contribution in [0.25, 0.3) is 0 Å². The summed E-state index contributed by atoms with van der Waals surface area (Å²) in [5.41, 5.74) is 0.735. The van der Waals surface area contributed by atoms with Gasteiger partial charge in [-0.15, -0.1) is 11.3 Å². The van der Waals surface area contributed by atoms with Gasteiger partial charge in [-0.1, -0.05) is 11.8 Å². The summed E-state index contributed by atoms with van der Waals surface area (Å²) >= 11 is 1.43. The fourth-order valence-electron chi connectivity index (χ4n) is 2.58. The lowest BCUT2D eigenvalue weighted by molar-refractivity contribution is 0.0632. The predicted octanol–water partition coefficient (Wildman–Crippen LogP) is 1.01. The number of aliphatic hydroxyl groups excluding tert-OH is 1. The Morgan fingerprint density at radius 2 is 2.10 bits per heavy atom. The molecular weight excluding hydrogens is 272 g/mol. The standard InChI is InChI=1S/C15H18N2O2S/c18-10-1-2-12-5-11-20-14(12)15(19)17-8-6-16(7-9-17)13-3-4-13/h5,11,13,18H,3-4,6-10H2. The van der Waals surface area contributed by atoms with Crippen molar-refractivity contribution in [1.82, 2.24) is 9.80 Å². The zero-order chi connectivity index (χ0) is 13.9. The third kappa shape index (κ3) is 2.88. The summed E-state index contributed by atoms with van der Waals surface area (Å²) in [5.74, 6) is 5.55. The molecule has 0 radical (unpaired) electrons. The number of rotatable bonds is 2. The van der Waals surface area contributed by atoms with Crippen LogP contribution in [0.1, 0.15) is 28.1 Å². The summed E-state index contributed by atoms with van der Waals surface area (Å²) in [6.07, 6.45) is 2.64. The molecule has 3 rings (SSSR count). The summed E-state index contributed by atoms with van der Waals surface area (Å²) < 4.78 is 0. The topological polar surface area (TPSA) is 43.8 Å². The number of carbonyl (C=O) groups excluding carboxylic acids is 1. The molecule has 20 heavy (non-hydrogen) atoms. The van der Waals surface area contributed by atoms with Crippen molar-refractivity contribution < 1.29 is 9.90 Å². The Bertz CT molecular complexity index is 546. The highest BCUT2D eigenvalue weighted by atomic mass is 32.1. The molecule has 5 heteroatoms. The van der Waals surface area contributed by atoms with E-state index < -0.39 is 0 Å². The summed E-state index contributed by atoms with van der Waals surface area (Å²) in [6, 6.07) is 2.63. The summed E-state index contributed by atoms with van der Waals surface area (Å²) in [5, 5.41) is 10.6. The monoisotopic (exact) mass is 290 g/mol. The molecular formula is C15H18N2O2S. The molecule has 1 N–H and O–H groups in total. The molecule has 2 fully saturated rings. The van der Waals surface area contributed by atoms with E-state index in [1.54, 1.807) is 0 Å².